The van der Waals surface area contributed by atoms with Crippen molar-refractivity contribution >= 4 is 50.1 Å². The summed E-state index contributed by atoms with van der Waals surface area (Å²) in [6.07, 6.45) is 1.94. The van der Waals surface area contributed by atoms with E-state index in [0.717, 1.165) is 43.4 Å². The molecule has 0 radical (unpaired) electrons. The zero-order valence-electron chi connectivity index (χ0n) is 24.1. The third kappa shape index (κ3) is 4.68. The zero-order valence-corrected chi connectivity index (χ0v) is 26.5. The van der Waals surface area contributed by atoms with Gasteiger partial charge in [-0.05, 0) is 86.4 Å². The summed E-state index contributed by atoms with van der Waals surface area (Å²) in [5, 5.41) is 2.01. The molecule has 0 spiro atoms. The monoisotopic (exact) mass is 639 g/mol. The number of hydrogen-bond acceptors (Lipinski definition) is 5. The summed E-state index contributed by atoms with van der Waals surface area (Å²) in [6, 6.07) is 21.7. The fraction of sp³-hybridized carbons (Fsp3) is 0.206. The van der Waals surface area contributed by atoms with Crippen molar-refractivity contribution in [1.82, 2.24) is 9.13 Å². The van der Waals surface area contributed by atoms with Gasteiger partial charge < -0.3 is 9.30 Å². The molecule has 5 aromatic rings. The fourth-order valence-corrected chi connectivity index (χ4v) is 7.17. The number of carbonyl (C=O) groups is 1. The average molecular weight is 641 g/mol. The third-order valence-electron chi connectivity index (χ3n) is 7.81. The average Bonchev–Trinajstić information content (AvgIpc) is 3.42. The van der Waals surface area contributed by atoms with Crippen LogP contribution >= 0.6 is 27.3 Å². The Morgan fingerprint density at radius 3 is 2.57 bits per heavy atom. The number of hydrogen-bond donors (Lipinski definition) is 0. The number of aryl methyl sites for hydroxylation is 2. The van der Waals surface area contributed by atoms with Crippen LogP contribution in [0.25, 0.3) is 22.5 Å². The van der Waals surface area contributed by atoms with Crippen LogP contribution in [0.2, 0.25) is 0 Å². The molecule has 0 unspecified atom stereocenters. The van der Waals surface area contributed by atoms with E-state index < -0.39 is 12.0 Å². The van der Waals surface area contributed by atoms with Crippen LogP contribution in [0.15, 0.2) is 92.3 Å². The summed E-state index contributed by atoms with van der Waals surface area (Å²) in [4.78, 5) is 32.9. The summed E-state index contributed by atoms with van der Waals surface area (Å²) in [6.45, 7) is 10.0. The molecule has 1 aliphatic heterocycles. The van der Waals surface area contributed by atoms with Gasteiger partial charge in [0, 0.05) is 21.5 Å². The maximum absolute atomic E-state index is 14.2. The molecule has 6 rings (SSSR count). The molecule has 212 valence electrons. The molecule has 8 heteroatoms. The molecule has 0 fully saturated rings. The van der Waals surface area contributed by atoms with E-state index in [2.05, 4.69) is 65.5 Å². The fourth-order valence-electron chi connectivity index (χ4n) is 5.77. The van der Waals surface area contributed by atoms with Crippen LogP contribution in [0.3, 0.4) is 0 Å². The molecule has 3 heterocycles. The molecule has 42 heavy (non-hydrogen) atoms. The van der Waals surface area contributed by atoms with Crippen LogP contribution in [0.1, 0.15) is 48.0 Å². The van der Waals surface area contributed by atoms with Crippen LogP contribution in [-0.4, -0.2) is 21.7 Å². The van der Waals surface area contributed by atoms with Crippen molar-refractivity contribution in [3.05, 3.63) is 130 Å². The molecule has 2 aromatic heterocycles. The predicted octanol–water partition coefficient (Wildman–Crippen LogP) is 6.43. The van der Waals surface area contributed by atoms with Crippen molar-refractivity contribution in [2.75, 3.05) is 6.61 Å². The van der Waals surface area contributed by atoms with Gasteiger partial charge in [-0.15, -0.1) is 0 Å². The topological polar surface area (TPSA) is 65.6 Å². The lowest BCUT2D eigenvalue weighted by atomic mass is 9.91. The molecule has 1 aliphatic rings. The van der Waals surface area contributed by atoms with Gasteiger partial charge >= 0.3 is 5.97 Å². The van der Waals surface area contributed by atoms with E-state index in [1.54, 1.807) is 11.5 Å². The molecule has 0 N–H and O–H groups in total. The first-order valence-electron chi connectivity index (χ1n) is 13.8. The highest BCUT2D eigenvalue weighted by atomic mass is 79.9. The van der Waals surface area contributed by atoms with Crippen LogP contribution in [0, 0.1) is 20.8 Å². The van der Waals surface area contributed by atoms with Gasteiger partial charge in [-0.1, -0.05) is 75.8 Å². The maximum Gasteiger partial charge on any atom is 0.338 e. The Labute approximate surface area is 256 Å². The van der Waals surface area contributed by atoms with Gasteiger partial charge in [0.15, 0.2) is 4.80 Å². The molecule has 1 atom stereocenters. The summed E-state index contributed by atoms with van der Waals surface area (Å²) in [5.41, 5.74) is 6.89. The minimum Gasteiger partial charge on any atom is -0.463 e. The molecule has 6 nitrogen and oxygen atoms in total. The van der Waals surface area contributed by atoms with E-state index in [-0.39, 0.29) is 12.2 Å². The van der Waals surface area contributed by atoms with E-state index in [1.807, 2.05) is 55.5 Å². The van der Waals surface area contributed by atoms with Crippen molar-refractivity contribution in [3.63, 3.8) is 0 Å². The van der Waals surface area contributed by atoms with Gasteiger partial charge in [-0.2, -0.15) is 0 Å². The largest absolute Gasteiger partial charge is 0.463 e. The highest BCUT2D eigenvalue weighted by Gasteiger charge is 2.34. The van der Waals surface area contributed by atoms with Crippen molar-refractivity contribution < 1.29 is 9.53 Å². The lowest BCUT2D eigenvalue weighted by Gasteiger charge is -2.25. The van der Waals surface area contributed by atoms with E-state index >= 15 is 0 Å². The number of carbonyl (C=O) groups excluding carboxylic acids is 1. The highest BCUT2D eigenvalue weighted by Crippen LogP contribution is 2.35. The van der Waals surface area contributed by atoms with E-state index in [9.17, 15) is 9.59 Å². The number of thiazole rings is 1. The predicted molar refractivity (Wildman–Crippen MR) is 172 cm³/mol. The second kappa shape index (κ2) is 11.0. The van der Waals surface area contributed by atoms with E-state index in [1.165, 1.54) is 16.9 Å². The van der Waals surface area contributed by atoms with Crippen molar-refractivity contribution in [2.24, 2.45) is 4.99 Å². The van der Waals surface area contributed by atoms with Gasteiger partial charge in [-0.3, -0.25) is 9.36 Å². The van der Waals surface area contributed by atoms with Gasteiger partial charge in [-0.25, -0.2) is 9.79 Å². The summed E-state index contributed by atoms with van der Waals surface area (Å²) in [5.74, 6) is -0.459. The molecule has 0 amide bonds. The standard InChI is InChI=1S/C34H30BrN3O3S/c1-6-41-33(40)30-21(4)36-34-38(31(30)27-13-9-11-23-10-7-8-12-26(23)27)32(39)29(42-34)17-24-16-20(3)37(22(24)5)25-15-14-19(2)28(35)18-25/h7-18,31H,6H2,1-5H3/b29-17+/t31-/m1/s1. The zero-order chi connectivity index (χ0) is 29.7. The van der Waals surface area contributed by atoms with Gasteiger partial charge in [0.1, 0.15) is 0 Å². The molecule has 0 saturated heterocycles. The van der Waals surface area contributed by atoms with Gasteiger partial charge in [0.2, 0.25) is 0 Å². The van der Waals surface area contributed by atoms with Crippen LogP contribution in [0.4, 0.5) is 0 Å². The Hall–Kier alpha value is -4.01. The number of nitrogens with zero attached hydrogens (tertiary/aromatic N) is 3. The summed E-state index contributed by atoms with van der Waals surface area (Å²) < 4.78 is 10.9. The first-order chi connectivity index (χ1) is 20.2. The minimum atomic E-state index is -0.661. The maximum atomic E-state index is 14.2. The number of benzene rings is 3. The molecule has 0 bridgehead atoms. The molecular formula is C34H30BrN3O3S. The number of allylic oxidation sites excluding steroid dienone is 1. The lowest BCUT2D eigenvalue weighted by molar-refractivity contribution is -0.139. The minimum absolute atomic E-state index is 0.186. The normalized spacial score (nSPS) is 15.2. The number of esters is 1. The third-order valence-corrected chi connectivity index (χ3v) is 9.64. The van der Waals surface area contributed by atoms with E-state index in [4.69, 9.17) is 9.73 Å². The number of fused-ring (bicyclic) bond motifs is 2. The molecule has 3 aromatic carbocycles. The Kier molecular flexibility index (Phi) is 7.37. The van der Waals surface area contributed by atoms with Crippen molar-refractivity contribution in [3.8, 4) is 5.69 Å². The van der Waals surface area contributed by atoms with Crippen molar-refractivity contribution in [2.45, 2.75) is 40.7 Å². The smallest absolute Gasteiger partial charge is 0.338 e. The Bertz CT molecular complexity index is 2110. The molecule has 0 saturated carbocycles. The number of rotatable bonds is 5. The first kappa shape index (κ1) is 28.1. The van der Waals surface area contributed by atoms with Gasteiger partial charge in [0.25, 0.3) is 5.56 Å². The SMILES string of the molecule is CCOC(=O)C1=C(C)N=c2s/c(=C/c3cc(C)n(-c4ccc(C)c(Br)c4)c3C)c(=O)n2[C@@H]1c1cccc2ccccc12. The van der Waals surface area contributed by atoms with Crippen LogP contribution in [0.5, 0.6) is 0 Å². The molecule has 0 aliphatic carbocycles. The van der Waals surface area contributed by atoms with Crippen LogP contribution < -0.4 is 14.9 Å². The molecular weight excluding hydrogens is 610 g/mol. The Morgan fingerprint density at radius 1 is 1.05 bits per heavy atom. The summed E-state index contributed by atoms with van der Waals surface area (Å²) >= 11 is 4.99. The number of ether oxygens (including phenoxy) is 1. The highest BCUT2D eigenvalue weighted by molar-refractivity contribution is 9.10. The number of halogens is 1. The van der Waals surface area contributed by atoms with Gasteiger partial charge in [0.05, 0.1) is 28.5 Å². The van der Waals surface area contributed by atoms with E-state index in [0.29, 0.717) is 20.6 Å². The quantitative estimate of drug-likeness (QED) is 0.208. The Balaban J connectivity index is 1.56. The van der Waals surface area contributed by atoms with Crippen LogP contribution in [-0.2, 0) is 9.53 Å². The van der Waals surface area contributed by atoms with Crippen molar-refractivity contribution in [1.29, 1.82) is 0 Å². The Morgan fingerprint density at radius 2 is 1.81 bits per heavy atom. The second-order valence-electron chi connectivity index (χ2n) is 10.5. The number of aromatic nitrogens is 2. The lowest BCUT2D eigenvalue weighted by Crippen LogP contribution is -2.40. The first-order valence-corrected chi connectivity index (χ1v) is 15.4. The summed E-state index contributed by atoms with van der Waals surface area (Å²) in [7, 11) is 0. The second-order valence-corrected chi connectivity index (χ2v) is 12.3.